The number of hydrogen-bond donors (Lipinski definition) is 2. The molecular formula is C11H22N2O3. The number of nitrogens with two attached hydrogens (primary N) is 1. The highest BCUT2D eigenvalue weighted by Crippen LogP contribution is 2.01. The Kier molecular flexibility index (Phi) is 6.37. The summed E-state index contributed by atoms with van der Waals surface area (Å²) in [5, 5.41) is 2.84. The predicted octanol–water partition coefficient (Wildman–Crippen LogP) is 0.0355. The third kappa shape index (κ3) is 6.05. The number of hydrogen-bond acceptors (Lipinski definition) is 4. The number of carbonyl (C=O) groups is 1. The molecule has 94 valence electrons. The maximum atomic E-state index is 11.4. The quantitative estimate of drug-likeness (QED) is 0.675. The Morgan fingerprint density at radius 1 is 1.56 bits per heavy atom. The van der Waals surface area contributed by atoms with Gasteiger partial charge in [-0.05, 0) is 19.8 Å². The molecule has 5 heteroatoms. The summed E-state index contributed by atoms with van der Waals surface area (Å²) in [6.45, 7) is 4.33. The van der Waals surface area contributed by atoms with Crippen molar-refractivity contribution in [2.24, 2.45) is 5.73 Å². The van der Waals surface area contributed by atoms with Crippen molar-refractivity contribution in [3.63, 3.8) is 0 Å². The van der Waals surface area contributed by atoms with Gasteiger partial charge in [-0.25, -0.2) is 0 Å². The zero-order valence-corrected chi connectivity index (χ0v) is 9.91. The van der Waals surface area contributed by atoms with Gasteiger partial charge in [-0.1, -0.05) is 0 Å². The summed E-state index contributed by atoms with van der Waals surface area (Å²) in [5.74, 6) is 0.0647. The first kappa shape index (κ1) is 13.4. The predicted molar refractivity (Wildman–Crippen MR) is 61.1 cm³/mol. The topological polar surface area (TPSA) is 73.6 Å². The highest BCUT2D eigenvalue weighted by molar-refractivity contribution is 5.75. The van der Waals surface area contributed by atoms with E-state index in [-0.39, 0.29) is 18.1 Å². The molecule has 1 aliphatic heterocycles. The van der Waals surface area contributed by atoms with Crippen molar-refractivity contribution in [1.29, 1.82) is 0 Å². The van der Waals surface area contributed by atoms with Gasteiger partial charge in [-0.2, -0.15) is 0 Å². The largest absolute Gasteiger partial charge is 0.376 e. The second-order valence-electron chi connectivity index (χ2n) is 4.24. The summed E-state index contributed by atoms with van der Waals surface area (Å²) >= 11 is 0. The van der Waals surface area contributed by atoms with Crippen molar-refractivity contribution in [2.45, 2.75) is 38.3 Å². The molecule has 0 aromatic rings. The van der Waals surface area contributed by atoms with E-state index in [1.54, 1.807) is 0 Å². The van der Waals surface area contributed by atoms with Gasteiger partial charge in [-0.3, -0.25) is 4.79 Å². The molecular weight excluding hydrogens is 208 g/mol. The molecule has 0 radical (unpaired) electrons. The second-order valence-corrected chi connectivity index (χ2v) is 4.24. The molecule has 3 N–H and O–H groups in total. The van der Waals surface area contributed by atoms with E-state index in [1.807, 2.05) is 6.92 Å². The Labute approximate surface area is 96.7 Å². The lowest BCUT2D eigenvalue weighted by atomic mass is 10.1. The van der Waals surface area contributed by atoms with E-state index in [0.29, 0.717) is 32.8 Å². The number of carbonyl (C=O) groups excluding carboxylic acids is 1. The highest BCUT2D eigenvalue weighted by atomic mass is 16.6. The third-order valence-electron chi connectivity index (χ3n) is 2.48. The Morgan fingerprint density at radius 3 is 3.00 bits per heavy atom. The van der Waals surface area contributed by atoms with Crippen LogP contribution in [-0.2, 0) is 14.3 Å². The molecule has 0 saturated carbocycles. The number of nitrogens with one attached hydrogen (secondary N) is 1. The Balaban J connectivity index is 2.00. The molecule has 1 aliphatic rings. The lowest BCUT2D eigenvalue weighted by molar-refractivity contribution is -0.124. The molecule has 0 aliphatic carbocycles. The van der Waals surface area contributed by atoms with Gasteiger partial charge < -0.3 is 20.5 Å². The van der Waals surface area contributed by atoms with Crippen LogP contribution >= 0.6 is 0 Å². The first-order valence-electron chi connectivity index (χ1n) is 5.90. The molecule has 0 aromatic heterocycles. The molecule has 0 bridgehead atoms. The summed E-state index contributed by atoms with van der Waals surface area (Å²) < 4.78 is 10.6. The van der Waals surface area contributed by atoms with Crippen LogP contribution in [0, 0.1) is 0 Å². The van der Waals surface area contributed by atoms with Gasteiger partial charge in [0.25, 0.3) is 0 Å². The van der Waals surface area contributed by atoms with E-state index in [9.17, 15) is 4.79 Å². The van der Waals surface area contributed by atoms with E-state index >= 15 is 0 Å². The van der Waals surface area contributed by atoms with Gasteiger partial charge in [0.05, 0.1) is 25.9 Å². The first-order chi connectivity index (χ1) is 7.68. The van der Waals surface area contributed by atoms with Crippen molar-refractivity contribution in [3.05, 3.63) is 0 Å². The zero-order valence-electron chi connectivity index (χ0n) is 9.91. The fourth-order valence-corrected chi connectivity index (χ4v) is 1.56. The van der Waals surface area contributed by atoms with E-state index in [0.717, 1.165) is 12.8 Å². The van der Waals surface area contributed by atoms with Crippen LogP contribution in [0.3, 0.4) is 0 Å². The Bertz CT molecular complexity index is 203. The van der Waals surface area contributed by atoms with E-state index in [4.69, 9.17) is 15.2 Å². The maximum absolute atomic E-state index is 11.4. The number of ether oxygens (including phenoxy) is 2. The second kappa shape index (κ2) is 7.60. The minimum absolute atomic E-state index is 0.00568. The summed E-state index contributed by atoms with van der Waals surface area (Å²) in [6.07, 6.45) is 2.27. The number of amides is 1. The van der Waals surface area contributed by atoms with Gasteiger partial charge in [0.2, 0.25) is 5.91 Å². The Morgan fingerprint density at radius 2 is 2.38 bits per heavy atom. The highest BCUT2D eigenvalue weighted by Gasteiger charge is 2.14. The SMILES string of the molecule is CC(N)CCCC(=O)NCC1COCCO1. The molecule has 0 spiro atoms. The molecule has 5 nitrogen and oxygen atoms in total. The van der Waals surface area contributed by atoms with Crippen LogP contribution in [-0.4, -0.2) is 44.4 Å². The smallest absolute Gasteiger partial charge is 0.220 e. The zero-order chi connectivity index (χ0) is 11.8. The van der Waals surface area contributed by atoms with Crippen LogP contribution in [0.5, 0.6) is 0 Å². The van der Waals surface area contributed by atoms with Crippen molar-refractivity contribution in [3.8, 4) is 0 Å². The van der Waals surface area contributed by atoms with Crippen LogP contribution in [0.4, 0.5) is 0 Å². The molecule has 2 unspecified atom stereocenters. The van der Waals surface area contributed by atoms with Gasteiger partial charge >= 0.3 is 0 Å². The van der Waals surface area contributed by atoms with Crippen molar-refractivity contribution < 1.29 is 14.3 Å². The van der Waals surface area contributed by atoms with E-state index in [1.165, 1.54) is 0 Å². The fourth-order valence-electron chi connectivity index (χ4n) is 1.56. The van der Waals surface area contributed by atoms with E-state index in [2.05, 4.69) is 5.32 Å². The van der Waals surface area contributed by atoms with E-state index < -0.39 is 0 Å². The molecule has 1 amide bonds. The lowest BCUT2D eigenvalue weighted by Gasteiger charge is -2.23. The van der Waals surface area contributed by atoms with Crippen LogP contribution in [0.2, 0.25) is 0 Å². The van der Waals surface area contributed by atoms with Crippen LogP contribution < -0.4 is 11.1 Å². The lowest BCUT2D eigenvalue weighted by Crippen LogP contribution is -2.39. The minimum Gasteiger partial charge on any atom is -0.376 e. The molecule has 0 aromatic carbocycles. The average molecular weight is 230 g/mol. The van der Waals surface area contributed by atoms with Crippen LogP contribution in [0.1, 0.15) is 26.2 Å². The third-order valence-corrected chi connectivity index (χ3v) is 2.48. The monoisotopic (exact) mass is 230 g/mol. The minimum atomic E-state index is 0.00568. The maximum Gasteiger partial charge on any atom is 0.220 e. The van der Waals surface area contributed by atoms with Gasteiger partial charge in [-0.15, -0.1) is 0 Å². The molecule has 1 rings (SSSR count). The standard InChI is InChI=1S/C11H22N2O3/c1-9(12)3-2-4-11(14)13-7-10-8-15-5-6-16-10/h9-10H,2-8,12H2,1H3,(H,13,14). The molecule has 16 heavy (non-hydrogen) atoms. The summed E-state index contributed by atoms with van der Waals surface area (Å²) in [4.78, 5) is 11.4. The summed E-state index contributed by atoms with van der Waals surface area (Å²) in [6, 6.07) is 0.169. The normalized spacial score (nSPS) is 22.8. The summed E-state index contributed by atoms with van der Waals surface area (Å²) in [5.41, 5.74) is 5.60. The molecule has 1 saturated heterocycles. The van der Waals surface area contributed by atoms with Gasteiger partial charge in [0.15, 0.2) is 0 Å². The van der Waals surface area contributed by atoms with Crippen molar-refractivity contribution in [1.82, 2.24) is 5.32 Å². The molecule has 2 atom stereocenters. The van der Waals surface area contributed by atoms with Crippen molar-refractivity contribution in [2.75, 3.05) is 26.4 Å². The average Bonchev–Trinajstić information content (AvgIpc) is 2.27. The number of rotatable bonds is 6. The van der Waals surface area contributed by atoms with Crippen LogP contribution in [0.25, 0.3) is 0 Å². The fraction of sp³-hybridized carbons (Fsp3) is 0.909. The van der Waals surface area contributed by atoms with Crippen molar-refractivity contribution >= 4 is 5.91 Å². The van der Waals surface area contributed by atoms with Gasteiger partial charge in [0.1, 0.15) is 0 Å². The first-order valence-corrected chi connectivity index (χ1v) is 5.90. The Hall–Kier alpha value is -0.650. The van der Waals surface area contributed by atoms with Crippen LogP contribution in [0.15, 0.2) is 0 Å². The molecule has 1 fully saturated rings. The molecule has 1 heterocycles. The van der Waals surface area contributed by atoms with Gasteiger partial charge in [0, 0.05) is 19.0 Å². The summed E-state index contributed by atoms with van der Waals surface area (Å²) in [7, 11) is 0.